The van der Waals surface area contributed by atoms with Gasteiger partial charge in [-0.2, -0.15) is 0 Å². The zero-order valence-corrected chi connectivity index (χ0v) is 13.7. The number of nitrogens with zero attached hydrogens (tertiary/aromatic N) is 1. The van der Waals surface area contributed by atoms with Crippen molar-refractivity contribution >= 4 is 6.09 Å². The Balaban J connectivity index is 1.79. The first-order chi connectivity index (χ1) is 9.17. The summed E-state index contributed by atoms with van der Waals surface area (Å²) in [6.45, 7) is 12.0. The van der Waals surface area contributed by atoms with Gasteiger partial charge in [-0.1, -0.05) is 13.8 Å². The molecule has 0 aromatic rings. The monoisotopic (exact) mass is 282 g/mol. The Labute approximate surface area is 123 Å². The van der Waals surface area contributed by atoms with Crippen LogP contribution in [-0.2, 0) is 4.74 Å². The molecule has 0 spiro atoms. The Morgan fingerprint density at radius 3 is 2.45 bits per heavy atom. The summed E-state index contributed by atoms with van der Waals surface area (Å²) in [7, 11) is 0. The minimum atomic E-state index is -0.404. The van der Waals surface area contributed by atoms with Crippen molar-refractivity contribution in [3.63, 3.8) is 0 Å². The number of carbonyl (C=O) groups excluding carboxylic acids is 1. The summed E-state index contributed by atoms with van der Waals surface area (Å²) >= 11 is 0. The molecule has 2 fully saturated rings. The highest BCUT2D eigenvalue weighted by Gasteiger charge is 2.46. The molecular weight excluding hydrogens is 252 g/mol. The van der Waals surface area contributed by atoms with Crippen LogP contribution in [0.4, 0.5) is 4.79 Å². The van der Waals surface area contributed by atoms with Crippen molar-refractivity contribution in [2.75, 3.05) is 13.1 Å². The average molecular weight is 282 g/mol. The number of likely N-dealkylation sites (tertiary alicyclic amines) is 1. The van der Waals surface area contributed by atoms with Gasteiger partial charge in [-0.15, -0.1) is 0 Å². The molecule has 0 radical (unpaired) electrons. The molecule has 2 rings (SSSR count). The average Bonchev–Trinajstić information content (AvgIpc) is 2.94. The molecule has 0 bridgehead atoms. The molecule has 1 heterocycles. The molecular formula is C16H30N2O2. The molecule has 4 heteroatoms. The lowest BCUT2D eigenvalue weighted by Gasteiger charge is -2.26. The molecule has 1 saturated carbocycles. The van der Waals surface area contributed by atoms with Crippen LogP contribution >= 0.6 is 0 Å². The SMILES string of the molecule is CC(C)(C)OC(=O)N1CCCC(NC2CC2(C)C)CC1. The quantitative estimate of drug-likeness (QED) is 0.846. The van der Waals surface area contributed by atoms with Crippen LogP contribution in [0.15, 0.2) is 0 Å². The predicted molar refractivity (Wildman–Crippen MR) is 80.8 cm³/mol. The Morgan fingerprint density at radius 1 is 1.25 bits per heavy atom. The van der Waals surface area contributed by atoms with Gasteiger partial charge in [0.15, 0.2) is 0 Å². The lowest BCUT2D eigenvalue weighted by Crippen LogP contribution is -2.38. The lowest BCUT2D eigenvalue weighted by atomic mass is 10.1. The van der Waals surface area contributed by atoms with Crippen LogP contribution in [0, 0.1) is 5.41 Å². The van der Waals surface area contributed by atoms with Crippen molar-refractivity contribution in [3.8, 4) is 0 Å². The van der Waals surface area contributed by atoms with Crippen LogP contribution in [0.3, 0.4) is 0 Å². The predicted octanol–water partition coefficient (Wildman–Crippen LogP) is 3.16. The van der Waals surface area contributed by atoms with Crippen molar-refractivity contribution in [2.24, 2.45) is 5.41 Å². The third-order valence-corrected chi connectivity index (χ3v) is 4.33. The van der Waals surface area contributed by atoms with Crippen molar-refractivity contribution in [1.29, 1.82) is 0 Å². The first-order valence-corrected chi connectivity index (χ1v) is 7.91. The molecule has 1 amide bonds. The normalized spacial score (nSPS) is 29.8. The second kappa shape index (κ2) is 5.55. The largest absolute Gasteiger partial charge is 0.444 e. The van der Waals surface area contributed by atoms with E-state index in [0.717, 1.165) is 32.4 Å². The van der Waals surface area contributed by atoms with Gasteiger partial charge in [0.1, 0.15) is 5.60 Å². The summed E-state index contributed by atoms with van der Waals surface area (Å²) in [5, 5.41) is 3.75. The van der Waals surface area contributed by atoms with Crippen molar-refractivity contribution < 1.29 is 9.53 Å². The fourth-order valence-electron chi connectivity index (χ4n) is 2.81. The molecule has 1 aliphatic carbocycles. The summed E-state index contributed by atoms with van der Waals surface area (Å²) in [6.07, 6.45) is 4.37. The van der Waals surface area contributed by atoms with Crippen LogP contribution < -0.4 is 5.32 Å². The molecule has 2 aliphatic rings. The van der Waals surface area contributed by atoms with Crippen molar-refractivity contribution in [3.05, 3.63) is 0 Å². The molecule has 1 aliphatic heterocycles. The summed E-state index contributed by atoms with van der Waals surface area (Å²) in [5.74, 6) is 0. The lowest BCUT2D eigenvalue weighted by molar-refractivity contribution is 0.0256. The fourth-order valence-corrected chi connectivity index (χ4v) is 2.81. The minimum absolute atomic E-state index is 0.162. The van der Waals surface area contributed by atoms with Gasteiger partial charge in [0.05, 0.1) is 0 Å². The minimum Gasteiger partial charge on any atom is -0.444 e. The molecule has 0 aromatic carbocycles. The Morgan fingerprint density at radius 2 is 1.90 bits per heavy atom. The fraction of sp³-hybridized carbons (Fsp3) is 0.938. The zero-order valence-electron chi connectivity index (χ0n) is 13.7. The molecule has 1 N–H and O–H groups in total. The number of carbonyl (C=O) groups is 1. The number of nitrogens with one attached hydrogen (secondary N) is 1. The topological polar surface area (TPSA) is 41.6 Å². The van der Waals surface area contributed by atoms with Crippen LogP contribution in [0.5, 0.6) is 0 Å². The number of amides is 1. The molecule has 4 nitrogen and oxygen atoms in total. The molecule has 2 atom stereocenters. The summed E-state index contributed by atoms with van der Waals surface area (Å²) < 4.78 is 5.46. The van der Waals surface area contributed by atoms with E-state index in [1.54, 1.807) is 0 Å². The van der Waals surface area contributed by atoms with E-state index in [1.165, 1.54) is 6.42 Å². The van der Waals surface area contributed by atoms with Crippen LogP contribution in [0.1, 0.15) is 60.3 Å². The Kier molecular flexibility index (Phi) is 4.33. The van der Waals surface area contributed by atoms with E-state index >= 15 is 0 Å². The van der Waals surface area contributed by atoms with Gasteiger partial charge in [0, 0.05) is 25.2 Å². The highest BCUT2D eigenvalue weighted by Crippen LogP contribution is 2.45. The third-order valence-electron chi connectivity index (χ3n) is 4.33. The van der Waals surface area contributed by atoms with E-state index in [-0.39, 0.29) is 6.09 Å². The van der Waals surface area contributed by atoms with Gasteiger partial charge in [-0.05, 0) is 51.9 Å². The Bertz CT molecular complexity index is 360. The number of hydrogen-bond acceptors (Lipinski definition) is 3. The third kappa shape index (κ3) is 4.37. The van der Waals surface area contributed by atoms with E-state index < -0.39 is 5.60 Å². The first kappa shape index (κ1) is 15.6. The number of rotatable bonds is 2. The summed E-state index contributed by atoms with van der Waals surface area (Å²) in [4.78, 5) is 14.0. The Hall–Kier alpha value is -0.770. The van der Waals surface area contributed by atoms with Crippen LogP contribution in [0.25, 0.3) is 0 Å². The van der Waals surface area contributed by atoms with Crippen molar-refractivity contribution in [1.82, 2.24) is 10.2 Å². The van der Waals surface area contributed by atoms with E-state index in [2.05, 4.69) is 19.2 Å². The second-order valence-electron chi connectivity index (χ2n) is 8.01. The van der Waals surface area contributed by atoms with E-state index in [0.29, 0.717) is 17.5 Å². The maximum Gasteiger partial charge on any atom is 0.410 e. The molecule has 0 aromatic heterocycles. The van der Waals surface area contributed by atoms with Gasteiger partial charge < -0.3 is 15.0 Å². The molecule has 116 valence electrons. The van der Waals surface area contributed by atoms with E-state index in [1.807, 2.05) is 25.7 Å². The maximum absolute atomic E-state index is 12.1. The maximum atomic E-state index is 12.1. The highest BCUT2D eigenvalue weighted by atomic mass is 16.6. The second-order valence-corrected chi connectivity index (χ2v) is 8.01. The van der Waals surface area contributed by atoms with Gasteiger partial charge in [0.2, 0.25) is 0 Å². The standard InChI is InChI=1S/C16H30N2O2/c1-15(2,3)20-14(19)18-9-6-7-12(8-10-18)17-13-11-16(13,4)5/h12-13,17H,6-11H2,1-5H3. The first-order valence-electron chi connectivity index (χ1n) is 7.91. The summed E-state index contributed by atoms with van der Waals surface area (Å²) in [6, 6.07) is 1.22. The molecule has 20 heavy (non-hydrogen) atoms. The zero-order chi connectivity index (χ0) is 15.0. The van der Waals surface area contributed by atoms with Crippen LogP contribution in [-0.4, -0.2) is 41.8 Å². The van der Waals surface area contributed by atoms with Gasteiger partial charge in [0.25, 0.3) is 0 Å². The van der Waals surface area contributed by atoms with Gasteiger partial charge in [-0.3, -0.25) is 0 Å². The molecule has 2 unspecified atom stereocenters. The smallest absolute Gasteiger partial charge is 0.410 e. The highest BCUT2D eigenvalue weighted by molar-refractivity contribution is 5.68. The van der Waals surface area contributed by atoms with Gasteiger partial charge >= 0.3 is 6.09 Å². The summed E-state index contributed by atoms with van der Waals surface area (Å²) in [5.41, 5.74) is 0.0657. The van der Waals surface area contributed by atoms with E-state index in [4.69, 9.17) is 4.74 Å². The van der Waals surface area contributed by atoms with Crippen LogP contribution in [0.2, 0.25) is 0 Å². The van der Waals surface area contributed by atoms with E-state index in [9.17, 15) is 4.79 Å². The number of ether oxygens (including phenoxy) is 1. The van der Waals surface area contributed by atoms with Crippen molar-refractivity contribution in [2.45, 2.75) is 78.0 Å². The number of hydrogen-bond donors (Lipinski definition) is 1. The molecule has 1 saturated heterocycles. The van der Waals surface area contributed by atoms with Gasteiger partial charge in [-0.25, -0.2) is 4.79 Å².